The highest BCUT2D eigenvalue weighted by Gasteiger charge is 2.12. The fourth-order valence-corrected chi connectivity index (χ4v) is 2.71. The molecule has 3 rings (SSSR count). The Morgan fingerprint density at radius 3 is 2.58 bits per heavy atom. The lowest BCUT2D eigenvalue weighted by Gasteiger charge is -2.07. The predicted octanol–water partition coefficient (Wildman–Crippen LogP) is 4.41. The molecular formula is C18H17Cl2N5O. The molecule has 6 nitrogen and oxygen atoms in total. The zero-order chi connectivity index (χ0) is 18.7. The van der Waals surface area contributed by atoms with Crippen LogP contribution in [0, 0.1) is 0 Å². The van der Waals surface area contributed by atoms with Crippen molar-refractivity contribution in [2.45, 2.75) is 26.3 Å². The molecule has 0 aliphatic rings. The lowest BCUT2D eigenvalue weighted by molar-refractivity contribution is -0.117. The van der Waals surface area contributed by atoms with Crippen LogP contribution >= 0.6 is 23.2 Å². The molecule has 8 heteroatoms. The van der Waals surface area contributed by atoms with Gasteiger partial charge >= 0.3 is 0 Å². The van der Waals surface area contributed by atoms with E-state index >= 15 is 0 Å². The first-order valence-electron chi connectivity index (χ1n) is 8.06. The fourth-order valence-electron chi connectivity index (χ4n) is 2.36. The number of nitrogens with one attached hydrogen (secondary N) is 1. The minimum atomic E-state index is -0.326. The Hall–Kier alpha value is -2.44. The van der Waals surface area contributed by atoms with E-state index in [1.807, 2.05) is 24.3 Å². The van der Waals surface area contributed by atoms with E-state index in [0.29, 0.717) is 27.5 Å². The molecule has 0 saturated carbocycles. The molecule has 0 unspecified atom stereocenters. The Labute approximate surface area is 161 Å². The van der Waals surface area contributed by atoms with Crippen LogP contribution in [0.25, 0.3) is 11.4 Å². The molecule has 134 valence electrons. The number of benzene rings is 2. The van der Waals surface area contributed by atoms with Crippen LogP contribution in [-0.2, 0) is 11.3 Å². The number of hydrogen-bond acceptors (Lipinski definition) is 4. The molecule has 0 spiro atoms. The number of carbonyl (C=O) groups is 1. The van der Waals surface area contributed by atoms with E-state index in [-0.39, 0.29) is 12.5 Å². The highest BCUT2D eigenvalue weighted by Crippen LogP contribution is 2.29. The molecule has 0 atom stereocenters. The van der Waals surface area contributed by atoms with Crippen LogP contribution in [0.1, 0.15) is 25.3 Å². The highest BCUT2D eigenvalue weighted by atomic mass is 35.5. The smallest absolute Gasteiger partial charge is 0.248 e. The van der Waals surface area contributed by atoms with E-state index in [0.717, 1.165) is 5.56 Å². The number of hydrogen-bond donors (Lipinski definition) is 1. The Morgan fingerprint density at radius 2 is 1.88 bits per heavy atom. The lowest BCUT2D eigenvalue weighted by Crippen LogP contribution is -2.20. The van der Waals surface area contributed by atoms with Gasteiger partial charge in [-0.3, -0.25) is 4.79 Å². The number of carbonyl (C=O) groups excluding carboxylic acids is 1. The normalized spacial score (nSPS) is 11.0. The lowest BCUT2D eigenvalue weighted by atomic mass is 10.0. The van der Waals surface area contributed by atoms with Crippen molar-refractivity contribution in [3.63, 3.8) is 0 Å². The number of anilines is 1. The fraction of sp³-hybridized carbons (Fsp3) is 0.222. The van der Waals surface area contributed by atoms with Crippen molar-refractivity contribution in [2.24, 2.45) is 0 Å². The summed E-state index contributed by atoms with van der Waals surface area (Å²) in [6.45, 7) is 4.18. The van der Waals surface area contributed by atoms with Crippen molar-refractivity contribution in [3.8, 4) is 11.4 Å². The third-order valence-corrected chi connectivity index (χ3v) is 4.62. The summed E-state index contributed by atoms with van der Waals surface area (Å²) in [6.07, 6.45) is 0. The van der Waals surface area contributed by atoms with E-state index in [2.05, 4.69) is 34.6 Å². The molecule has 0 bridgehead atoms. The summed E-state index contributed by atoms with van der Waals surface area (Å²) < 4.78 is 0. The van der Waals surface area contributed by atoms with Crippen molar-refractivity contribution >= 4 is 34.8 Å². The summed E-state index contributed by atoms with van der Waals surface area (Å²) in [5.41, 5.74) is 2.52. The standard InChI is InChI=1S/C18H17Cl2N5O/c1-11(2)12-6-8-13(9-7-12)18-22-24-25(23-18)10-16(26)21-15-5-3-4-14(19)17(15)20/h3-9,11H,10H2,1-2H3,(H,21,26). The molecule has 1 amide bonds. The average Bonchev–Trinajstić information content (AvgIpc) is 3.07. The number of aromatic nitrogens is 4. The molecule has 2 aromatic carbocycles. The molecule has 0 saturated heterocycles. The highest BCUT2D eigenvalue weighted by molar-refractivity contribution is 6.43. The quantitative estimate of drug-likeness (QED) is 0.701. The van der Waals surface area contributed by atoms with Crippen LogP contribution < -0.4 is 5.32 Å². The van der Waals surface area contributed by atoms with Gasteiger partial charge in [-0.1, -0.05) is 67.4 Å². The van der Waals surface area contributed by atoms with Crippen LogP contribution in [0.4, 0.5) is 5.69 Å². The second-order valence-corrected chi connectivity index (χ2v) is 6.85. The molecule has 0 aliphatic carbocycles. The molecule has 0 fully saturated rings. The first-order chi connectivity index (χ1) is 12.4. The van der Waals surface area contributed by atoms with Crippen molar-refractivity contribution in [1.29, 1.82) is 0 Å². The third-order valence-electron chi connectivity index (χ3n) is 3.80. The summed E-state index contributed by atoms with van der Waals surface area (Å²) in [5.74, 6) is 0.594. The van der Waals surface area contributed by atoms with Crippen LogP contribution in [0.2, 0.25) is 10.0 Å². The minimum Gasteiger partial charge on any atom is -0.323 e. The van der Waals surface area contributed by atoms with Gasteiger partial charge in [0.25, 0.3) is 0 Å². The second kappa shape index (κ2) is 7.85. The Bertz CT molecular complexity index is 922. The topological polar surface area (TPSA) is 72.7 Å². The average molecular weight is 390 g/mol. The minimum absolute atomic E-state index is 0.0834. The van der Waals surface area contributed by atoms with Crippen LogP contribution in [0.3, 0.4) is 0 Å². The van der Waals surface area contributed by atoms with Gasteiger partial charge in [-0.25, -0.2) is 0 Å². The van der Waals surface area contributed by atoms with E-state index in [4.69, 9.17) is 23.2 Å². The van der Waals surface area contributed by atoms with E-state index in [9.17, 15) is 4.79 Å². The summed E-state index contributed by atoms with van der Waals surface area (Å²) in [5, 5.41) is 15.5. The zero-order valence-corrected chi connectivity index (χ0v) is 15.8. The predicted molar refractivity (Wildman–Crippen MR) is 102 cm³/mol. The Morgan fingerprint density at radius 1 is 1.15 bits per heavy atom. The number of rotatable bonds is 5. The SMILES string of the molecule is CC(C)c1ccc(-c2nnn(CC(=O)Nc3cccc(Cl)c3Cl)n2)cc1. The van der Waals surface area contributed by atoms with E-state index < -0.39 is 0 Å². The van der Waals surface area contributed by atoms with Gasteiger partial charge in [0, 0.05) is 5.56 Å². The number of halogens is 2. The Kier molecular flexibility index (Phi) is 5.54. The molecule has 0 radical (unpaired) electrons. The summed E-state index contributed by atoms with van der Waals surface area (Å²) in [4.78, 5) is 13.4. The van der Waals surface area contributed by atoms with Gasteiger partial charge in [-0.05, 0) is 28.8 Å². The van der Waals surface area contributed by atoms with Gasteiger partial charge in [0.2, 0.25) is 11.7 Å². The van der Waals surface area contributed by atoms with E-state index in [1.165, 1.54) is 10.4 Å². The molecule has 1 N–H and O–H groups in total. The molecule has 3 aromatic rings. The molecular weight excluding hydrogens is 373 g/mol. The summed E-state index contributed by atoms with van der Waals surface area (Å²) in [6, 6.07) is 13.0. The van der Waals surface area contributed by atoms with Gasteiger partial charge < -0.3 is 5.32 Å². The molecule has 0 aliphatic heterocycles. The van der Waals surface area contributed by atoms with Crippen molar-refractivity contribution < 1.29 is 4.79 Å². The maximum Gasteiger partial charge on any atom is 0.248 e. The maximum atomic E-state index is 12.2. The second-order valence-electron chi connectivity index (χ2n) is 6.07. The van der Waals surface area contributed by atoms with Gasteiger partial charge in [0.15, 0.2) is 0 Å². The molecule has 26 heavy (non-hydrogen) atoms. The number of nitrogens with zero attached hydrogens (tertiary/aromatic N) is 4. The van der Waals surface area contributed by atoms with Crippen molar-refractivity contribution in [2.75, 3.05) is 5.32 Å². The van der Waals surface area contributed by atoms with Crippen molar-refractivity contribution in [1.82, 2.24) is 20.2 Å². The van der Waals surface area contributed by atoms with Gasteiger partial charge in [-0.15, -0.1) is 10.2 Å². The third kappa shape index (κ3) is 4.20. The van der Waals surface area contributed by atoms with E-state index in [1.54, 1.807) is 18.2 Å². The van der Waals surface area contributed by atoms with Crippen molar-refractivity contribution in [3.05, 3.63) is 58.1 Å². The first-order valence-corrected chi connectivity index (χ1v) is 8.81. The monoisotopic (exact) mass is 389 g/mol. The van der Waals surface area contributed by atoms with Crippen LogP contribution in [0.15, 0.2) is 42.5 Å². The molecule has 1 heterocycles. The number of amides is 1. The van der Waals surface area contributed by atoms with Crippen LogP contribution in [-0.4, -0.2) is 26.1 Å². The first kappa shape index (κ1) is 18.4. The zero-order valence-electron chi connectivity index (χ0n) is 14.3. The van der Waals surface area contributed by atoms with Gasteiger partial charge in [0.05, 0.1) is 15.7 Å². The Balaban J connectivity index is 1.68. The summed E-state index contributed by atoms with van der Waals surface area (Å²) in [7, 11) is 0. The number of tetrazole rings is 1. The van der Waals surface area contributed by atoms with Gasteiger partial charge in [-0.2, -0.15) is 4.80 Å². The molecule has 1 aromatic heterocycles. The van der Waals surface area contributed by atoms with Gasteiger partial charge in [0.1, 0.15) is 6.54 Å². The largest absolute Gasteiger partial charge is 0.323 e. The van der Waals surface area contributed by atoms with Crippen LogP contribution in [0.5, 0.6) is 0 Å². The summed E-state index contributed by atoms with van der Waals surface area (Å²) >= 11 is 12.0. The maximum absolute atomic E-state index is 12.2.